The second kappa shape index (κ2) is 8.58. The Morgan fingerprint density at radius 2 is 1.79 bits per heavy atom. The van der Waals surface area contributed by atoms with Gasteiger partial charge in [0.25, 0.3) is 5.91 Å². The summed E-state index contributed by atoms with van der Waals surface area (Å²) in [6, 6.07) is 16.9. The minimum Gasteiger partial charge on any atom is -0.497 e. The van der Waals surface area contributed by atoms with Crippen LogP contribution in [0.3, 0.4) is 0 Å². The maximum atomic E-state index is 12.6. The largest absolute Gasteiger partial charge is 0.497 e. The molecule has 0 aliphatic heterocycles. The molecule has 144 valence electrons. The molecule has 0 bridgehead atoms. The Morgan fingerprint density at radius 1 is 1.07 bits per heavy atom. The van der Waals surface area contributed by atoms with Crippen molar-refractivity contribution in [3.63, 3.8) is 0 Å². The summed E-state index contributed by atoms with van der Waals surface area (Å²) in [6.07, 6.45) is 0. The van der Waals surface area contributed by atoms with E-state index in [1.165, 1.54) is 11.3 Å². The zero-order valence-electron chi connectivity index (χ0n) is 15.9. The highest BCUT2D eigenvalue weighted by atomic mass is 32.1. The number of anilines is 1. The number of carbonyl (C=O) groups excluding carboxylic acids is 1. The molecule has 0 aliphatic carbocycles. The number of methoxy groups -OCH3 is 2. The number of nitrogens with zero attached hydrogens (tertiary/aromatic N) is 1. The Kier molecular flexibility index (Phi) is 5.96. The molecular weight excluding hydrogens is 374 g/mol. The molecule has 3 aromatic rings. The number of amides is 1. The second-order valence-corrected chi connectivity index (χ2v) is 7.01. The minimum absolute atomic E-state index is 0.350. The molecule has 7 heteroatoms. The van der Waals surface area contributed by atoms with Gasteiger partial charge < -0.3 is 15.2 Å². The number of nitrogen functional groups attached to an aromatic ring is 1. The van der Waals surface area contributed by atoms with Crippen LogP contribution in [0.2, 0.25) is 0 Å². The number of hydrogen-bond acceptors (Lipinski definition) is 6. The SMILES string of the molecule is COc1ccc(-c2cc(N)c(C(=O)N/N=C(/C)c3ccccc3OC)s2)cc1. The molecule has 6 nitrogen and oxygen atoms in total. The Bertz CT molecular complexity index is 1010. The molecule has 0 saturated heterocycles. The third-order valence-electron chi connectivity index (χ3n) is 4.16. The molecule has 1 aromatic heterocycles. The van der Waals surface area contributed by atoms with Crippen LogP contribution in [-0.4, -0.2) is 25.8 Å². The van der Waals surface area contributed by atoms with Gasteiger partial charge in [0.2, 0.25) is 0 Å². The number of rotatable bonds is 6. The molecule has 1 amide bonds. The number of hydrazone groups is 1. The van der Waals surface area contributed by atoms with Crippen LogP contribution in [-0.2, 0) is 0 Å². The second-order valence-electron chi connectivity index (χ2n) is 5.96. The van der Waals surface area contributed by atoms with Crippen molar-refractivity contribution in [2.45, 2.75) is 6.92 Å². The van der Waals surface area contributed by atoms with Gasteiger partial charge in [-0.25, -0.2) is 5.43 Å². The van der Waals surface area contributed by atoms with Gasteiger partial charge >= 0.3 is 0 Å². The number of hydrogen-bond donors (Lipinski definition) is 2. The van der Waals surface area contributed by atoms with E-state index in [0.29, 0.717) is 22.0 Å². The molecule has 3 rings (SSSR count). The molecule has 1 heterocycles. The molecule has 0 unspecified atom stereocenters. The number of para-hydroxylation sites is 1. The smallest absolute Gasteiger partial charge is 0.283 e. The lowest BCUT2D eigenvalue weighted by Gasteiger charge is -2.07. The first-order chi connectivity index (χ1) is 13.5. The standard InChI is InChI=1S/C21H21N3O3S/c1-13(16-6-4-5-7-18(16)27-3)23-24-21(25)20-17(22)12-19(28-20)14-8-10-15(26-2)11-9-14/h4-12H,22H2,1-3H3,(H,24,25)/b23-13-. The van der Waals surface area contributed by atoms with E-state index < -0.39 is 0 Å². The fraction of sp³-hybridized carbons (Fsp3) is 0.143. The number of ether oxygens (including phenoxy) is 2. The summed E-state index contributed by atoms with van der Waals surface area (Å²) in [5.74, 6) is 1.11. The van der Waals surface area contributed by atoms with Crippen LogP contribution in [0.5, 0.6) is 11.5 Å². The molecule has 0 radical (unpaired) electrons. The summed E-state index contributed by atoms with van der Waals surface area (Å²) >= 11 is 1.32. The van der Waals surface area contributed by atoms with Crippen molar-refractivity contribution in [1.82, 2.24) is 5.43 Å². The number of nitrogens with one attached hydrogen (secondary N) is 1. The predicted molar refractivity (Wildman–Crippen MR) is 113 cm³/mol. The number of carbonyl (C=O) groups is 1. The monoisotopic (exact) mass is 395 g/mol. The molecule has 28 heavy (non-hydrogen) atoms. The summed E-state index contributed by atoms with van der Waals surface area (Å²) in [7, 11) is 3.21. The molecule has 0 saturated carbocycles. The van der Waals surface area contributed by atoms with Crippen molar-refractivity contribution in [1.29, 1.82) is 0 Å². The van der Waals surface area contributed by atoms with E-state index in [4.69, 9.17) is 15.2 Å². The topological polar surface area (TPSA) is 85.9 Å². The molecule has 0 aliphatic rings. The summed E-state index contributed by atoms with van der Waals surface area (Å²) < 4.78 is 10.5. The van der Waals surface area contributed by atoms with Crippen LogP contribution in [0, 0.1) is 0 Å². The maximum absolute atomic E-state index is 12.6. The molecule has 0 spiro atoms. The van der Waals surface area contributed by atoms with Gasteiger partial charge in [-0.15, -0.1) is 11.3 Å². The van der Waals surface area contributed by atoms with Crippen LogP contribution in [0.15, 0.2) is 59.7 Å². The van der Waals surface area contributed by atoms with Crippen molar-refractivity contribution < 1.29 is 14.3 Å². The zero-order chi connectivity index (χ0) is 20.1. The van der Waals surface area contributed by atoms with Gasteiger partial charge in [-0.3, -0.25) is 4.79 Å². The average Bonchev–Trinajstić information content (AvgIpc) is 3.13. The van der Waals surface area contributed by atoms with Gasteiger partial charge in [0.05, 0.1) is 25.6 Å². The van der Waals surface area contributed by atoms with Gasteiger partial charge in [0, 0.05) is 10.4 Å². The molecule has 3 N–H and O–H groups in total. The summed E-state index contributed by atoms with van der Waals surface area (Å²) in [5.41, 5.74) is 11.5. The van der Waals surface area contributed by atoms with Crippen molar-refractivity contribution in [3.05, 3.63) is 65.0 Å². The maximum Gasteiger partial charge on any atom is 0.283 e. The van der Waals surface area contributed by atoms with E-state index in [9.17, 15) is 4.79 Å². The van der Waals surface area contributed by atoms with E-state index in [0.717, 1.165) is 21.8 Å². The third-order valence-corrected chi connectivity index (χ3v) is 5.36. The van der Waals surface area contributed by atoms with Crippen molar-refractivity contribution in [2.24, 2.45) is 5.10 Å². The van der Waals surface area contributed by atoms with Gasteiger partial charge in [0.15, 0.2) is 0 Å². The van der Waals surface area contributed by atoms with Crippen molar-refractivity contribution in [3.8, 4) is 21.9 Å². The Morgan fingerprint density at radius 3 is 2.46 bits per heavy atom. The molecule has 0 fully saturated rings. The highest BCUT2D eigenvalue weighted by Crippen LogP contribution is 2.34. The van der Waals surface area contributed by atoms with Crippen molar-refractivity contribution in [2.75, 3.05) is 20.0 Å². The van der Waals surface area contributed by atoms with E-state index in [1.54, 1.807) is 27.2 Å². The van der Waals surface area contributed by atoms with E-state index in [1.807, 2.05) is 48.5 Å². The molecule has 0 atom stereocenters. The van der Waals surface area contributed by atoms with Crippen LogP contribution < -0.4 is 20.6 Å². The predicted octanol–water partition coefficient (Wildman–Crippen LogP) is 4.17. The lowest BCUT2D eigenvalue weighted by molar-refractivity contribution is 0.0959. The van der Waals surface area contributed by atoms with E-state index in [2.05, 4.69) is 10.5 Å². The fourth-order valence-corrected chi connectivity index (χ4v) is 3.64. The van der Waals surface area contributed by atoms with E-state index in [-0.39, 0.29) is 5.91 Å². The number of nitrogens with two attached hydrogens (primary N) is 1. The third kappa shape index (κ3) is 4.15. The van der Waals surface area contributed by atoms with Crippen LogP contribution in [0.1, 0.15) is 22.2 Å². The van der Waals surface area contributed by atoms with Gasteiger partial charge in [0.1, 0.15) is 16.4 Å². The number of thiophene rings is 1. The van der Waals surface area contributed by atoms with Gasteiger partial charge in [-0.1, -0.05) is 12.1 Å². The van der Waals surface area contributed by atoms with Crippen LogP contribution in [0.25, 0.3) is 10.4 Å². The van der Waals surface area contributed by atoms with Crippen LogP contribution in [0.4, 0.5) is 5.69 Å². The number of benzene rings is 2. The van der Waals surface area contributed by atoms with E-state index >= 15 is 0 Å². The first-order valence-corrected chi connectivity index (χ1v) is 9.37. The normalized spacial score (nSPS) is 11.2. The quantitative estimate of drug-likeness (QED) is 0.484. The average molecular weight is 395 g/mol. The Labute approximate surface area is 167 Å². The fourth-order valence-electron chi connectivity index (χ4n) is 2.67. The summed E-state index contributed by atoms with van der Waals surface area (Å²) in [5, 5.41) is 4.20. The lowest BCUT2D eigenvalue weighted by atomic mass is 10.1. The Hall–Kier alpha value is -3.32. The summed E-state index contributed by atoms with van der Waals surface area (Å²) in [6.45, 7) is 1.80. The first kappa shape index (κ1) is 19.4. The highest BCUT2D eigenvalue weighted by molar-refractivity contribution is 7.18. The first-order valence-electron chi connectivity index (χ1n) is 8.55. The highest BCUT2D eigenvalue weighted by Gasteiger charge is 2.15. The lowest BCUT2D eigenvalue weighted by Crippen LogP contribution is -2.19. The Balaban J connectivity index is 1.78. The summed E-state index contributed by atoms with van der Waals surface area (Å²) in [4.78, 5) is 13.9. The zero-order valence-corrected chi connectivity index (χ0v) is 16.7. The van der Waals surface area contributed by atoms with Crippen LogP contribution >= 0.6 is 11.3 Å². The van der Waals surface area contributed by atoms with Gasteiger partial charge in [-0.2, -0.15) is 5.10 Å². The van der Waals surface area contributed by atoms with Gasteiger partial charge in [-0.05, 0) is 55.0 Å². The minimum atomic E-state index is -0.350. The molecular formula is C21H21N3O3S. The molecule has 2 aromatic carbocycles. The van der Waals surface area contributed by atoms with Crippen molar-refractivity contribution >= 4 is 28.6 Å².